The van der Waals surface area contributed by atoms with Gasteiger partial charge in [0.15, 0.2) is 40.2 Å². The molecule has 3 aromatic heterocycles. The summed E-state index contributed by atoms with van der Waals surface area (Å²) < 4.78 is 24.7. The highest BCUT2D eigenvalue weighted by Gasteiger charge is 2.55. The number of fused-ring (bicyclic) bond motifs is 2. The maximum atomic E-state index is 15.4. The van der Waals surface area contributed by atoms with Crippen LogP contribution in [0.3, 0.4) is 0 Å². The van der Waals surface area contributed by atoms with Crippen molar-refractivity contribution in [3.05, 3.63) is 315 Å². The number of hydrogen-bond acceptors (Lipinski definition) is 21. The van der Waals surface area contributed by atoms with Gasteiger partial charge in [0.05, 0.1) is 0 Å². The lowest BCUT2D eigenvalue weighted by Crippen LogP contribution is -2.71. The van der Waals surface area contributed by atoms with Crippen molar-refractivity contribution in [2.45, 2.75) is 74.4 Å². The lowest BCUT2D eigenvalue weighted by Gasteiger charge is -2.49. The lowest BCUT2D eigenvalue weighted by atomic mass is 9.77. The summed E-state index contributed by atoms with van der Waals surface area (Å²) in [6.45, 7) is 6.94. The molecular weight excluding hydrogens is 1360 g/mol. The number of thioether (sulfide) groups is 2. The van der Waals surface area contributed by atoms with E-state index in [1.807, 2.05) is 212 Å². The van der Waals surface area contributed by atoms with Crippen molar-refractivity contribution in [2.24, 2.45) is 5.16 Å². The van der Waals surface area contributed by atoms with Crippen LogP contribution in [0.15, 0.2) is 263 Å². The first-order valence-corrected chi connectivity index (χ1v) is 35.5. The third-order valence-corrected chi connectivity index (χ3v) is 20.0. The monoisotopic (exact) mass is 1430 g/mol. The SMILES string of the molecule is CC(=O)Oc1ccc(C(=O)C(C)(C)ON=C(C(=O)N[C@@H]2C(=O)N3C(C(=O)OC(c4ccccc4)c4ccccc4)=C(CSc4cc(C)nc5nc(C(=O)OC(c6ccccc6)c6ccccc6)nn45)CS[C@H]23)c2csc(NC(c3ccccc3)(c3ccccc3)c3ccccc3)n2)cc1OC(C)=O. The number of oxime groups is 1. The zero-order valence-corrected chi connectivity index (χ0v) is 58.5. The summed E-state index contributed by atoms with van der Waals surface area (Å²) in [7, 11) is 0. The van der Waals surface area contributed by atoms with Gasteiger partial charge >= 0.3 is 23.9 Å². The van der Waals surface area contributed by atoms with E-state index in [1.165, 1.54) is 83.2 Å². The number of carbonyl (C=O) groups is 7. The average Bonchev–Trinajstić information content (AvgIpc) is 1.61. The van der Waals surface area contributed by atoms with Gasteiger partial charge in [0.25, 0.3) is 23.4 Å². The normalized spacial score (nSPS) is 14.5. The number of aryl methyl sites for hydroxylation is 1. The Morgan fingerprint density at radius 1 is 0.621 bits per heavy atom. The molecule has 0 aliphatic carbocycles. The van der Waals surface area contributed by atoms with Gasteiger partial charge in [-0.15, -0.1) is 40.0 Å². The Labute approximate surface area is 604 Å². The molecule has 0 spiro atoms. The van der Waals surface area contributed by atoms with E-state index in [1.54, 1.807) is 18.4 Å². The second kappa shape index (κ2) is 30.5. The minimum absolute atomic E-state index is 0.00380. The molecule has 0 radical (unpaired) electrons. The number of hydrogen-bond donors (Lipinski definition) is 2. The number of ether oxygens (including phenoxy) is 4. The first kappa shape index (κ1) is 69.6. The van der Waals surface area contributed by atoms with Crippen LogP contribution in [-0.2, 0) is 43.8 Å². The Bertz CT molecular complexity index is 4870. The van der Waals surface area contributed by atoms with Crippen molar-refractivity contribution in [1.29, 1.82) is 0 Å². The topological polar surface area (TPSA) is 261 Å². The minimum Gasteiger partial charge on any atom is -0.448 e. The molecule has 2 amide bonds. The Hall–Kier alpha value is -11.9. The number of nitrogens with zero attached hydrogens (tertiary/aromatic N) is 7. The Kier molecular flexibility index (Phi) is 20.6. The molecule has 24 heteroatoms. The molecule has 0 saturated carbocycles. The Morgan fingerprint density at radius 3 is 1.63 bits per heavy atom. The van der Waals surface area contributed by atoms with Gasteiger partial charge < -0.3 is 34.4 Å². The average molecular weight is 1430 g/mol. The maximum absolute atomic E-state index is 15.4. The molecule has 13 rings (SSSR count). The Balaban J connectivity index is 0.836. The largest absolute Gasteiger partial charge is 0.448 e. The van der Waals surface area contributed by atoms with Crippen molar-refractivity contribution >= 4 is 93.0 Å². The van der Waals surface area contributed by atoms with Crippen LogP contribution in [0.5, 0.6) is 11.5 Å². The fourth-order valence-electron chi connectivity index (χ4n) is 12.0. The molecule has 2 N–H and O–H groups in total. The zero-order valence-electron chi connectivity index (χ0n) is 56.1. The highest BCUT2D eigenvalue weighted by atomic mass is 32.2. The van der Waals surface area contributed by atoms with Crippen molar-refractivity contribution in [3.8, 4) is 11.5 Å². The van der Waals surface area contributed by atoms with Crippen molar-refractivity contribution in [3.63, 3.8) is 0 Å². The van der Waals surface area contributed by atoms with Gasteiger partial charge in [0, 0.05) is 42.0 Å². The highest BCUT2D eigenvalue weighted by molar-refractivity contribution is 8.01. The first-order valence-electron chi connectivity index (χ1n) is 32.6. The lowest BCUT2D eigenvalue weighted by molar-refractivity contribution is -0.154. The number of ketones is 1. The predicted molar refractivity (Wildman–Crippen MR) is 389 cm³/mol. The Morgan fingerprint density at radius 2 is 1.12 bits per heavy atom. The zero-order chi connectivity index (χ0) is 71.8. The number of nitrogens with one attached hydrogen (secondary N) is 2. The van der Waals surface area contributed by atoms with E-state index in [2.05, 4.69) is 30.9 Å². The van der Waals surface area contributed by atoms with Crippen molar-refractivity contribution < 1.29 is 57.3 Å². The second-order valence-electron chi connectivity index (χ2n) is 24.4. The number of anilines is 1. The van der Waals surface area contributed by atoms with Gasteiger partial charge in [-0.25, -0.2) is 19.6 Å². The number of β-lactam (4-membered cyclic amide) rings is 1. The van der Waals surface area contributed by atoms with E-state index < -0.39 is 82.0 Å². The number of esters is 4. The molecule has 0 unspecified atom stereocenters. The summed E-state index contributed by atoms with van der Waals surface area (Å²) in [5.41, 5.74) is 3.08. The summed E-state index contributed by atoms with van der Waals surface area (Å²) >= 11 is 3.74. The van der Waals surface area contributed by atoms with Crippen LogP contribution in [0, 0.1) is 6.92 Å². The number of aromatic nitrogens is 5. The summed E-state index contributed by atoms with van der Waals surface area (Å²) in [6.07, 6.45) is -1.69. The summed E-state index contributed by atoms with van der Waals surface area (Å²) in [4.78, 5) is 121. The fraction of sp³-hybridized carbons (Fsp3) is 0.165. The molecule has 8 aromatic carbocycles. The molecule has 0 bridgehead atoms. The van der Waals surface area contributed by atoms with E-state index in [9.17, 15) is 19.2 Å². The van der Waals surface area contributed by atoms with E-state index in [4.69, 9.17) is 28.8 Å². The van der Waals surface area contributed by atoms with E-state index in [0.717, 1.165) is 34.7 Å². The van der Waals surface area contributed by atoms with Crippen LogP contribution >= 0.6 is 34.9 Å². The molecule has 2 aliphatic heterocycles. The minimum atomic E-state index is -1.87. The van der Waals surface area contributed by atoms with Gasteiger partial charge in [-0.3, -0.25) is 28.9 Å². The quantitative estimate of drug-likeness (QED) is 0.00620. The standard InChI is InChI=1S/C79H65N9O12S3/c1-48-43-63(88-76(80-48)83-70(85-88)75(95)99-68(53-31-17-8-18-32-53)54-33-19-9-20-34-54)101-45-56-46-102-73-65(72(93)87(73)66(56)74(94)98-67(51-27-13-6-14-28-51)52-29-15-7-16-30-52)82-71(92)64(86-100-78(4,5)69(91)55-41-42-61(96-49(2)89)62(44-55)97-50(3)90)60-47-103-77(81-60)84-79(57-35-21-10-22-36-57,58-37-23-11-24-38-58)59-39-25-12-26-40-59/h6-44,47,65,67-68,73H,45-46H2,1-5H3,(H,81,84)(H,82,92)/t65-,73-/m1/s1. The molecule has 2 atom stereocenters. The van der Waals surface area contributed by atoms with Gasteiger partial charge in [-0.05, 0) is 89.6 Å². The number of benzene rings is 8. The van der Waals surface area contributed by atoms with Gasteiger partial charge in [-0.1, -0.05) is 217 Å². The number of Topliss-reactive ketones (excluding diaryl/α,β-unsaturated/α-hetero) is 1. The highest BCUT2D eigenvalue weighted by Crippen LogP contribution is 2.45. The summed E-state index contributed by atoms with van der Waals surface area (Å²) in [6, 6.07) is 71.0. The molecular formula is C79H65N9O12S3. The number of amides is 2. The first-order chi connectivity index (χ1) is 49.9. The van der Waals surface area contributed by atoms with Crippen LogP contribution in [0.25, 0.3) is 5.78 Å². The third-order valence-electron chi connectivity index (χ3n) is 16.9. The molecule has 2 aliphatic rings. The number of carbonyl (C=O) groups excluding carboxylic acids is 7. The van der Waals surface area contributed by atoms with Crippen LogP contribution in [-0.4, -0.2) is 105 Å². The molecule has 516 valence electrons. The molecule has 5 heterocycles. The molecule has 1 fully saturated rings. The van der Waals surface area contributed by atoms with Gasteiger partial charge in [0.1, 0.15) is 33.4 Å². The smallest absolute Gasteiger partial charge is 0.379 e. The van der Waals surface area contributed by atoms with Crippen molar-refractivity contribution in [2.75, 3.05) is 16.8 Å². The molecule has 103 heavy (non-hydrogen) atoms. The van der Waals surface area contributed by atoms with E-state index >= 15 is 14.4 Å². The van der Waals surface area contributed by atoms with Crippen LogP contribution in [0.1, 0.15) is 111 Å². The van der Waals surface area contributed by atoms with Crippen LogP contribution in [0.4, 0.5) is 5.13 Å². The third kappa shape index (κ3) is 15.1. The summed E-state index contributed by atoms with van der Waals surface area (Å²) in [5.74, 6) is -5.47. The second-order valence-corrected chi connectivity index (χ2v) is 27.4. The van der Waals surface area contributed by atoms with Gasteiger partial charge in [0.2, 0.25) is 5.78 Å². The molecule has 1 saturated heterocycles. The van der Waals surface area contributed by atoms with Crippen LogP contribution < -0.4 is 20.1 Å². The van der Waals surface area contributed by atoms with Crippen molar-refractivity contribution in [1.82, 2.24) is 34.8 Å². The predicted octanol–water partition coefficient (Wildman–Crippen LogP) is 13.3. The van der Waals surface area contributed by atoms with Gasteiger partial charge in [-0.2, -0.15) is 9.50 Å². The van der Waals surface area contributed by atoms with E-state index in [0.29, 0.717) is 32.6 Å². The molecule has 21 nitrogen and oxygen atoms in total. The number of thiazole rings is 1. The number of rotatable bonds is 25. The fourth-order valence-corrected chi connectivity index (χ4v) is 15.3. The van der Waals surface area contributed by atoms with Crippen LogP contribution in [0.2, 0.25) is 0 Å². The molecule has 11 aromatic rings. The van der Waals surface area contributed by atoms with E-state index in [-0.39, 0.29) is 51.6 Å². The summed E-state index contributed by atoms with van der Waals surface area (Å²) in [5, 5.41) is 17.2. The maximum Gasteiger partial charge on any atom is 0.379 e.